The highest BCUT2D eigenvalue weighted by Gasteiger charge is 2.46. The van der Waals surface area contributed by atoms with Gasteiger partial charge in [-0.15, -0.1) is 0 Å². The van der Waals surface area contributed by atoms with Gasteiger partial charge >= 0.3 is 0 Å². The summed E-state index contributed by atoms with van der Waals surface area (Å²) in [7, 11) is 0. The number of aryl methyl sites for hydroxylation is 1. The summed E-state index contributed by atoms with van der Waals surface area (Å²) in [6.07, 6.45) is 3.67. The Kier molecular flexibility index (Phi) is 10.4. The maximum absolute atomic E-state index is 10.8. The molecular weight excluding hydrogens is 568 g/mol. The Morgan fingerprint density at radius 1 is 1.05 bits per heavy atom. The van der Waals surface area contributed by atoms with Crippen LogP contribution in [0.15, 0.2) is 30.9 Å². The summed E-state index contributed by atoms with van der Waals surface area (Å²) >= 11 is 0. The van der Waals surface area contributed by atoms with Gasteiger partial charge < -0.3 is 47.4 Å². The first kappa shape index (κ1) is 35.2. The average molecular weight is 617 g/mol. The number of anilines is 1. The highest BCUT2D eigenvalue weighted by atomic mass is 16.6. The number of hydrogen-bond acceptors (Lipinski definition) is 9. The van der Waals surface area contributed by atoms with Crippen molar-refractivity contribution in [1.82, 2.24) is 34.8 Å². The molecular formula is C30H48N8O6. The molecule has 4 aromatic rings. The maximum atomic E-state index is 10.8. The number of ether oxygens (including phenoxy) is 1. The number of hydrogen-bond donors (Lipinski definition) is 5. The lowest BCUT2D eigenvalue weighted by Crippen LogP contribution is -2.54. The Morgan fingerprint density at radius 2 is 1.77 bits per heavy atom. The van der Waals surface area contributed by atoms with E-state index in [1.165, 1.54) is 18.2 Å². The molecule has 12 N–H and O–H groups in total. The molecule has 0 spiro atoms. The van der Waals surface area contributed by atoms with E-state index in [1.807, 2.05) is 0 Å². The molecule has 3 aromatic heterocycles. The fourth-order valence-electron chi connectivity index (χ4n) is 6.24. The van der Waals surface area contributed by atoms with Gasteiger partial charge in [0.2, 0.25) is 0 Å². The Balaban J connectivity index is 0.00000176. The van der Waals surface area contributed by atoms with E-state index < -0.39 is 24.5 Å². The third-order valence-corrected chi connectivity index (χ3v) is 9.20. The van der Waals surface area contributed by atoms with E-state index in [4.69, 9.17) is 15.5 Å². The van der Waals surface area contributed by atoms with Crippen LogP contribution in [0.2, 0.25) is 0 Å². The van der Waals surface area contributed by atoms with Gasteiger partial charge in [-0.3, -0.25) is 4.57 Å². The number of nitrogens with two attached hydrogens (primary N) is 1. The van der Waals surface area contributed by atoms with E-state index in [1.54, 1.807) is 4.57 Å². The molecule has 4 atom stereocenters. The zero-order valence-electron chi connectivity index (χ0n) is 26.0. The molecule has 0 bridgehead atoms. The molecule has 6 rings (SSSR count). The van der Waals surface area contributed by atoms with Crippen LogP contribution in [-0.4, -0.2) is 86.5 Å². The van der Waals surface area contributed by atoms with Crippen LogP contribution in [0.5, 0.6) is 0 Å². The summed E-state index contributed by atoms with van der Waals surface area (Å²) in [4.78, 5) is 20.8. The number of nitrogens with zero attached hydrogens (tertiary/aromatic N) is 5. The number of nitrogen functional groups attached to an aromatic ring is 1. The van der Waals surface area contributed by atoms with Gasteiger partial charge in [-0.25, -0.2) is 19.9 Å². The molecule has 1 aliphatic heterocycles. The van der Waals surface area contributed by atoms with Gasteiger partial charge in [-0.1, -0.05) is 26.8 Å². The summed E-state index contributed by atoms with van der Waals surface area (Å²) in [5.74, 6) is 2.51. The Morgan fingerprint density at radius 3 is 2.48 bits per heavy atom. The van der Waals surface area contributed by atoms with Crippen LogP contribution in [0.4, 0.5) is 5.82 Å². The summed E-state index contributed by atoms with van der Waals surface area (Å²) < 4.78 is 7.72. The van der Waals surface area contributed by atoms with Crippen LogP contribution < -0.4 is 11.1 Å². The standard InChI is InChI=1S/C30H42N8O3.3H2O/c1-29(2,3)17-7-8-19-20(12-17)37-22(36-19)9-6-16-10-18(11-16)30(4,5)35-13-21-24(39)25(40)28(41-21)38-15-34-23-26(31)32-14-33-27(23)38;;;/h7-8,12,14-16,18,21,24-25,28,35,39-40H,6,9-11,13H2,1-5H3,(H,36,37)(H2,31,32,33);3*1H2/t16-,18-,21-,24-,25-,28-;;;/m1.../s1. The quantitative estimate of drug-likeness (QED) is 0.187. The van der Waals surface area contributed by atoms with Gasteiger partial charge in [-0.05, 0) is 68.1 Å². The minimum Gasteiger partial charge on any atom is -0.412 e. The molecule has 0 unspecified atom stereocenters. The Labute approximate surface area is 256 Å². The first-order valence-electron chi connectivity index (χ1n) is 14.6. The molecule has 1 saturated carbocycles. The molecule has 244 valence electrons. The average Bonchev–Trinajstić information content (AvgIpc) is 3.57. The summed E-state index contributed by atoms with van der Waals surface area (Å²) in [5, 5.41) is 25.2. The van der Waals surface area contributed by atoms with E-state index in [2.05, 4.69) is 78.1 Å². The number of aromatic amines is 1. The first-order chi connectivity index (χ1) is 19.4. The molecule has 2 aliphatic rings. The predicted octanol–water partition coefficient (Wildman–Crippen LogP) is 0.755. The van der Waals surface area contributed by atoms with Crippen LogP contribution in [0.1, 0.15) is 71.5 Å². The van der Waals surface area contributed by atoms with Crippen molar-refractivity contribution in [2.45, 2.75) is 95.8 Å². The fraction of sp³-hybridized carbons (Fsp3) is 0.600. The van der Waals surface area contributed by atoms with Crippen molar-refractivity contribution in [3.05, 3.63) is 42.2 Å². The number of benzene rings is 1. The number of aliphatic hydroxyl groups excluding tert-OH is 2. The normalized spacial score (nSPS) is 25.2. The smallest absolute Gasteiger partial charge is 0.167 e. The minimum absolute atomic E-state index is 0. The van der Waals surface area contributed by atoms with Crippen molar-refractivity contribution in [1.29, 1.82) is 0 Å². The Hall–Kier alpha value is -3.24. The minimum atomic E-state index is -1.12. The monoisotopic (exact) mass is 616 g/mol. The first-order valence-corrected chi connectivity index (χ1v) is 14.6. The zero-order chi connectivity index (χ0) is 29.1. The summed E-state index contributed by atoms with van der Waals surface area (Å²) in [6, 6.07) is 6.54. The van der Waals surface area contributed by atoms with E-state index in [-0.39, 0.29) is 33.2 Å². The third kappa shape index (κ3) is 6.56. The second kappa shape index (κ2) is 13.0. The number of aliphatic hydroxyl groups is 2. The predicted molar refractivity (Wildman–Crippen MR) is 168 cm³/mol. The van der Waals surface area contributed by atoms with E-state index >= 15 is 0 Å². The second-order valence-corrected chi connectivity index (χ2v) is 13.5. The van der Waals surface area contributed by atoms with Crippen LogP contribution in [-0.2, 0) is 16.6 Å². The topological polar surface area (TPSA) is 255 Å². The molecule has 44 heavy (non-hydrogen) atoms. The van der Waals surface area contributed by atoms with Gasteiger partial charge in [-0.2, -0.15) is 0 Å². The number of H-pyrrole nitrogens is 1. The van der Waals surface area contributed by atoms with Crippen molar-refractivity contribution < 1.29 is 31.4 Å². The molecule has 0 amide bonds. The van der Waals surface area contributed by atoms with Gasteiger partial charge in [0.1, 0.15) is 36.0 Å². The molecule has 0 radical (unpaired) electrons. The van der Waals surface area contributed by atoms with Crippen molar-refractivity contribution in [2.75, 3.05) is 12.3 Å². The van der Waals surface area contributed by atoms with Crippen LogP contribution in [0.3, 0.4) is 0 Å². The van der Waals surface area contributed by atoms with Crippen molar-refractivity contribution in [3.63, 3.8) is 0 Å². The molecule has 1 aromatic carbocycles. The number of aromatic nitrogens is 6. The van der Waals surface area contributed by atoms with Crippen molar-refractivity contribution in [2.24, 2.45) is 11.8 Å². The SMILES string of the molecule is CC(C)(C)c1ccc2[nH]c(CC[C@H]3C[C@H](C(C)(C)NC[C@H]4O[C@@H](n5cnc6c(N)ncnc65)[C@H](O)[C@@H]4O)C3)nc2c1.O.O.O. The number of imidazole rings is 2. The van der Waals surface area contributed by atoms with Crippen LogP contribution in [0, 0.1) is 11.8 Å². The molecule has 2 fully saturated rings. The lowest BCUT2D eigenvalue weighted by molar-refractivity contribution is -0.0378. The largest absolute Gasteiger partial charge is 0.412 e. The van der Waals surface area contributed by atoms with E-state index in [9.17, 15) is 10.2 Å². The summed E-state index contributed by atoms with van der Waals surface area (Å²) in [6.45, 7) is 11.5. The molecule has 4 heterocycles. The van der Waals surface area contributed by atoms with Gasteiger partial charge in [0.25, 0.3) is 0 Å². The van der Waals surface area contributed by atoms with Gasteiger partial charge in [0.15, 0.2) is 17.7 Å². The lowest BCUT2D eigenvalue weighted by Gasteiger charge is -2.46. The number of rotatable bonds is 8. The second-order valence-electron chi connectivity index (χ2n) is 13.5. The Bertz CT molecular complexity index is 1540. The van der Waals surface area contributed by atoms with E-state index in [0.29, 0.717) is 29.5 Å². The van der Waals surface area contributed by atoms with Crippen LogP contribution >= 0.6 is 0 Å². The lowest BCUT2D eigenvalue weighted by atomic mass is 9.64. The van der Waals surface area contributed by atoms with Gasteiger partial charge in [0, 0.05) is 18.5 Å². The molecule has 1 aliphatic carbocycles. The third-order valence-electron chi connectivity index (χ3n) is 9.20. The summed E-state index contributed by atoms with van der Waals surface area (Å²) in [5.41, 5.74) is 10.2. The highest BCUT2D eigenvalue weighted by Crippen LogP contribution is 2.43. The number of nitrogens with one attached hydrogen (secondary N) is 2. The molecule has 14 nitrogen and oxygen atoms in total. The van der Waals surface area contributed by atoms with E-state index in [0.717, 1.165) is 42.5 Å². The maximum Gasteiger partial charge on any atom is 0.167 e. The van der Waals surface area contributed by atoms with Gasteiger partial charge in [0.05, 0.1) is 17.4 Å². The van der Waals surface area contributed by atoms with Crippen LogP contribution in [0.25, 0.3) is 22.2 Å². The molecule has 14 heteroatoms. The fourth-order valence-corrected chi connectivity index (χ4v) is 6.24. The molecule has 1 saturated heterocycles. The highest BCUT2D eigenvalue weighted by molar-refractivity contribution is 5.81. The van der Waals surface area contributed by atoms with Crippen molar-refractivity contribution >= 4 is 28.0 Å². The number of fused-ring (bicyclic) bond motifs is 2. The zero-order valence-corrected chi connectivity index (χ0v) is 26.0. The van der Waals surface area contributed by atoms with Crippen molar-refractivity contribution in [3.8, 4) is 0 Å².